The molecule has 124 valence electrons. The molecule has 22 heavy (non-hydrogen) atoms. The highest BCUT2D eigenvalue weighted by Crippen LogP contribution is 2.19. The van der Waals surface area contributed by atoms with Crippen LogP contribution in [-0.4, -0.2) is 68.1 Å². The van der Waals surface area contributed by atoms with Crippen molar-refractivity contribution in [2.45, 2.75) is 23.1 Å². The second kappa shape index (κ2) is 7.40. The van der Waals surface area contributed by atoms with E-state index < -0.39 is 10.0 Å². The molecule has 0 bridgehead atoms. The molecule has 1 aromatic heterocycles. The molecule has 2 heterocycles. The summed E-state index contributed by atoms with van der Waals surface area (Å²) < 4.78 is 25.9. The molecule has 2 N–H and O–H groups in total. The molecule has 0 unspecified atom stereocenters. The van der Waals surface area contributed by atoms with Gasteiger partial charge >= 0.3 is 6.03 Å². The van der Waals surface area contributed by atoms with Crippen LogP contribution in [0.1, 0.15) is 12.8 Å². The van der Waals surface area contributed by atoms with Crippen LogP contribution in [0.3, 0.4) is 0 Å². The van der Waals surface area contributed by atoms with Crippen LogP contribution in [0.2, 0.25) is 0 Å². The number of aliphatic hydroxyl groups is 1. The van der Waals surface area contributed by atoms with Gasteiger partial charge in [-0.25, -0.2) is 13.2 Å². The van der Waals surface area contributed by atoms with Crippen LogP contribution in [0.15, 0.2) is 21.7 Å². The number of nitrogens with zero attached hydrogens (tertiary/aromatic N) is 2. The highest BCUT2D eigenvalue weighted by molar-refractivity contribution is 7.91. The van der Waals surface area contributed by atoms with Crippen molar-refractivity contribution in [3.63, 3.8) is 0 Å². The molecular weight excluding hydrogens is 326 g/mol. The fourth-order valence-electron chi connectivity index (χ4n) is 2.40. The summed E-state index contributed by atoms with van der Waals surface area (Å²) in [6.07, 6.45) is 1.68. The molecular formula is C13H21N3O4S2. The van der Waals surface area contributed by atoms with Gasteiger partial charge in [-0.3, -0.25) is 0 Å². The number of carbonyl (C=O) groups is 1. The first-order chi connectivity index (χ1) is 10.5. The van der Waals surface area contributed by atoms with Crippen LogP contribution in [-0.2, 0) is 10.0 Å². The maximum absolute atomic E-state index is 12.2. The predicted molar refractivity (Wildman–Crippen MR) is 84.3 cm³/mol. The van der Waals surface area contributed by atoms with Crippen molar-refractivity contribution in [3.8, 4) is 0 Å². The highest BCUT2D eigenvalue weighted by atomic mass is 32.2. The van der Waals surface area contributed by atoms with Crippen LogP contribution in [0.25, 0.3) is 0 Å². The Balaban J connectivity index is 1.82. The minimum atomic E-state index is -3.48. The van der Waals surface area contributed by atoms with Gasteiger partial charge in [0.15, 0.2) is 0 Å². The number of amides is 2. The van der Waals surface area contributed by atoms with E-state index >= 15 is 0 Å². The topological polar surface area (TPSA) is 89.9 Å². The van der Waals surface area contributed by atoms with E-state index in [9.17, 15) is 18.3 Å². The van der Waals surface area contributed by atoms with Crippen molar-refractivity contribution in [1.29, 1.82) is 0 Å². The number of hydrogen-bond acceptors (Lipinski definition) is 5. The molecule has 7 nitrogen and oxygen atoms in total. The first-order valence-corrected chi connectivity index (χ1v) is 9.44. The average molecular weight is 347 g/mol. The van der Waals surface area contributed by atoms with Crippen molar-refractivity contribution < 1.29 is 18.3 Å². The molecule has 0 aromatic carbocycles. The molecule has 1 fully saturated rings. The maximum atomic E-state index is 12.2. The van der Waals surface area contributed by atoms with Gasteiger partial charge in [-0.2, -0.15) is 4.31 Å². The first kappa shape index (κ1) is 17.2. The Hall–Kier alpha value is -1.16. The lowest BCUT2D eigenvalue weighted by molar-refractivity contribution is 0.157. The number of urea groups is 1. The van der Waals surface area contributed by atoms with Crippen molar-refractivity contribution in [1.82, 2.24) is 14.5 Å². The van der Waals surface area contributed by atoms with Crippen LogP contribution in [0, 0.1) is 0 Å². The summed E-state index contributed by atoms with van der Waals surface area (Å²) in [6, 6.07) is 2.87. The lowest BCUT2D eigenvalue weighted by Gasteiger charge is -2.24. The minimum Gasteiger partial charge on any atom is -0.394 e. The Kier molecular flexibility index (Phi) is 5.79. The average Bonchev–Trinajstić information content (AvgIpc) is 3.17. The largest absolute Gasteiger partial charge is 0.394 e. The lowest BCUT2D eigenvalue weighted by atomic mass is 10.2. The molecule has 2 amide bonds. The van der Waals surface area contributed by atoms with E-state index in [1.54, 1.807) is 22.4 Å². The summed E-state index contributed by atoms with van der Waals surface area (Å²) >= 11 is 1.17. The zero-order valence-electron chi connectivity index (χ0n) is 12.4. The van der Waals surface area contributed by atoms with Crippen molar-refractivity contribution in [3.05, 3.63) is 17.5 Å². The van der Waals surface area contributed by atoms with E-state index in [4.69, 9.17) is 0 Å². The Morgan fingerprint density at radius 1 is 1.59 bits per heavy atom. The van der Waals surface area contributed by atoms with Gasteiger partial charge < -0.3 is 15.3 Å². The number of hydrogen-bond donors (Lipinski definition) is 2. The van der Waals surface area contributed by atoms with Crippen molar-refractivity contribution >= 4 is 27.4 Å². The molecule has 0 radical (unpaired) electrons. The number of likely N-dealkylation sites (N-methyl/N-ethyl adjacent to an activating group) is 1. The molecule has 9 heteroatoms. The molecule has 1 saturated heterocycles. The number of carbonyl (C=O) groups excluding carboxylic acids is 1. The molecule has 1 aromatic rings. The molecule has 1 aliphatic heterocycles. The Bertz CT molecular complexity index is 588. The fourth-order valence-corrected chi connectivity index (χ4v) is 4.77. The van der Waals surface area contributed by atoms with E-state index in [-0.39, 0.29) is 31.8 Å². The third-order valence-electron chi connectivity index (χ3n) is 3.71. The number of likely N-dealkylation sites (tertiary alicyclic amines) is 1. The summed E-state index contributed by atoms with van der Waals surface area (Å²) in [6.45, 7) is 1.01. The minimum absolute atomic E-state index is 0.0416. The molecule has 0 saturated carbocycles. The summed E-state index contributed by atoms with van der Waals surface area (Å²) in [5, 5.41) is 13.6. The second-order valence-corrected chi connectivity index (χ2v) is 8.38. The van der Waals surface area contributed by atoms with E-state index in [1.165, 1.54) is 22.7 Å². The Morgan fingerprint density at radius 3 is 3.00 bits per heavy atom. The number of rotatable bonds is 6. The van der Waals surface area contributed by atoms with Crippen molar-refractivity contribution in [2.75, 3.05) is 33.3 Å². The van der Waals surface area contributed by atoms with Gasteiger partial charge in [0.2, 0.25) is 0 Å². The molecule has 1 aliphatic rings. The van der Waals surface area contributed by atoms with Crippen LogP contribution >= 0.6 is 11.3 Å². The maximum Gasteiger partial charge on any atom is 0.317 e. The number of thiophene rings is 1. The van der Waals surface area contributed by atoms with Crippen LogP contribution in [0.4, 0.5) is 4.79 Å². The highest BCUT2D eigenvalue weighted by Gasteiger charge is 2.28. The van der Waals surface area contributed by atoms with Crippen LogP contribution in [0.5, 0.6) is 0 Å². The fraction of sp³-hybridized carbons (Fsp3) is 0.615. The van der Waals surface area contributed by atoms with Gasteiger partial charge in [-0.1, -0.05) is 6.07 Å². The van der Waals surface area contributed by atoms with Gasteiger partial charge in [0.1, 0.15) is 4.21 Å². The quantitative estimate of drug-likeness (QED) is 0.786. The monoisotopic (exact) mass is 347 g/mol. The Morgan fingerprint density at radius 2 is 2.36 bits per heavy atom. The SMILES string of the molecule is CN(CCNC(=O)N1CCC[C@@H]1CO)S(=O)(=O)c1cccs1. The first-order valence-electron chi connectivity index (χ1n) is 7.12. The van der Waals surface area contributed by atoms with Gasteiger partial charge in [0, 0.05) is 26.7 Å². The lowest BCUT2D eigenvalue weighted by Crippen LogP contribution is -2.46. The summed E-state index contributed by atoms with van der Waals surface area (Å²) in [5.41, 5.74) is 0. The molecule has 1 atom stereocenters. The van der Waals surface area contributed by atoms with Gasteiger partial charge in [0.05, 0.1) is 12.6 Å². The standard InChI is InChI=1S/C13H21N3O4S2/c1-15(22(19,20)12-5-3-9-21-12)8-6-14-13(18)16-7-2-4-11(16)10-17/h3,5,9,11,17H,2,4,6-8,10H2,1H3,(H,14,18)/t11-/m1/s1. The van der Waals surface area contributed by atoms with E-state index in [0.29, 0.717) is 10.8 Å². The molecule has 0 spiro atoms. The summed E-state index contributed by atoms with van der Waals surface area (Å²) in [7, 11) is -1.99. The zero-order chi connectivity index (χ0) is 16.2. The van der Waals surface area contributed by atoms with E-state index in [2.05, 4.69) is 5.32 Å². The number of sulfonamides is 1. The molecule has 0 aliphatic carbocycles. The third kappa shape index (κ3) is 3.78. The predicted octanol–water partition coefficient (Wildman–Crippen LogP) is 0.535. The normalized spacial score (nSPS) is 18.9. The Labute approximate surface area is 134 Å². The zero-order valence-corrected chi connectivity index (χ0v) is 14.1. The van der Waals surface area contributed by atoms with Crippen molar-refractivity contribution in [2.24, 2.45) is 0 Å². The summed E-state index contributed by atoms with van der Waals surface area (Å²) in [5.74, 6) is 0. The second-order valence-electron chi connectivity index (χ2n) is 5.16. The smallest absolute Gasteiger partial charge is 0.317 e. The van der Waals surface area contributed by atoms with Crippen LogP contribution < -0.4 is 5.32 Å². The van der Waals surface area contributed by atoms with Gasteiger partial charge in [-0.15, -0.1) is 11.3 Å². The summed E-state index contributed by atoms with van der Waals surface area (Å²) in [4.78, 5) is 13.6. The number of nitrogens with one attached hydrogen (secondary N) is 1. The number of aliphatic hydroxyl groups excluding tert-OH is 1. The molecule has 2 rings (SSSR count). The van der Waals surface area contributed by atoms with Gasteiger partial charge in [-0.05, 0) is 24.3 Å². The van der Waals surface area contributed by atoms with E-state index in [1.807, 2.05) is 0 Å². The van der Waals surface area contributed by atoms with Gasteiger partial charge in [0.25, 0.3) is 10.0 Å². The van der Waals surface area contributed by atoms with E-state index in [0.717, 1.165) is 12.8 Å². The third-order valence-corrected chi connectivity index (χ3v) is 6.94.